The predicted molar refractivity (Wildman–Crippen MR) is 37.6 cm³/mol. The molecule has 0 unspecified atom stereocenters. The summed E-state index contributed by atoms with van der Waals surface area (Å²) in [6.45, 7) is 0. The fraction of sp³-hybridized carbons (Fsp3) is 0. The molecule has 0 atom stereocenters. The Balaban J connectivity index is 2.88. The first kappa shape index (κ1) is 7.35. The molecule has 0 N–H and O–H groups in total. The Bertz CT molecular complexity index is 185. The van der Waals surface area contributed by atoms with Crippen molar-refractivity contribution >= 4 is 32.5 Å². The third kappa shape index (κ3) is 2.14. The Morgan fingerprint density at radius 2 is 1.78 bits per heavy atom. The molecule has 0 bridgehead atoms. The number of hydrogen-bond donors (Lipinski definition) is 0. The van der Waals surface area contributed by atoms with Gasteiger partial charge in [0, 0.05) is 0 Å². The molecular weight excluding hydrogens is 245 g/mol. The maximum atomic E-state index is 12.2. The van der Waals surface area contributed by atoms with Crippen molar-refractivity contribution in [3.05, 3.63) is 30.1 Å². The molecule has 1 rings (SSSR count). The Morgan fingerprint density at radius 3 is 2.22 bits per heavy atom. The van der Waals surface area contributed by atoms with Gasteiger partial charge in [-0.1, -0.05) is 0 Å². The average Bonchev–Trinajstić information content (AvgIpc) is 1.90. The molecule has 0 aromatic heterocycles. The molecule has 46 valence electrons. The molecule has 3 heteroatoms. The van der Waals surface area contributed by atoms with Gasteiger partial charge in [-0.05, 0) is 0 Å². The quantitative estimate of drug-likeness (QED) is 0.658. The average molecular weight is 249 g/mol. The van der Waals surface area contributed by atoms with Gasteiger partial charge in [0.2, 0.25) is 0 Å². The zero-order valence-electron chi connectivity index (χ0n) is 4.57. The van der Waals surface area contributed by atoms with Crippen molar-refractivity contribution in [2.24, 2.45) is 0 Å². The van der Waals surface area contributed by atoms with E-state index in [1.807, 2.05) is 0 Å². The fourth-order valence-electron chi connectivity index (χ4n) is 0.513. The summed E-state index contributed by atoms with van der Waals surface area (Å²) in [4.78, 5) is 0. The van der Waals surface area contributed by atoms with E-state index < -0.39 is 20.0 Å². The van der Waals surface area contributed by atoms with Crippen molar-refractivity contribution in [3.63, 3.8) is 0 Å². The van der Waals surface area contributed by atoms with Crippen LogP contribution in [0.4, 0.5) is 4.39 Å². The maximum absolute atomic E-state index is 12.2. The van der Waals surface area contributed by atoms with Crippen molar-refractivity contribution in [3.8, 4) is 0 Å². The number of halogens is 2. The van der Waals surface area contributed by atoms with E-state index in [0.29, 0.717) is 0 Å². The van der Waals surface area contributed by atoms with Crippen molar-refractivity contribution in [2.75, 3.05) is 0 Å². The summed E-state index contributed by atoms with van der Waals surface area (Å²) in [7, 11) is 5.63. The monoisotopic (exact) mass is 250 g/mol. The van der Waals surface area contributed by atoms with Gasteiger partial charge in [0.1, 0.15) is 0 Å². The van der Waals surface area contributed by atoms with E-state index in [9.17, 15) is 4.39 Å². The van der Waals surface area contributed by atoms with Crippen LogP contribution in [-0.2, 0) is 0 Å². The van der Waals surface area contributed by atoms with Crippen LogP contribution in [0.3, 0.4) is 0 Å². The molecule has 0 aliphatic heterocycles. The molecular formula is C6H4ClFSn. The Hall–Kier alpha value is 0.239. The third-order valence-corrected chi connectivity index (χ3v) is 3.99. The first-order valence-corrected chi connectivity index (χ1v) is 7.49. The summed E-state index contributed by atoms with van der Waals surface area (Å²) in [5.41, 5.74) is 0. The molecule has 0 heterocycles. The topological polar surface area (TPSA) is 0 Å². The van der Waals surface area contributed by atoms with Gasteiger partial charge < -0.3 is 0 Å². The zero-order chi connectivity index (χ0) is 6.69. The molecule has 1 aromatic carbocycles. The number of hydrogen-bond acceptors (Lipinski definition) is 0. The molecule has 0 aliphatic carbocycles. The minimum atomic E-state index is -0.857. The molecule has 9 heavy (non-hydrogen) atoms. The van der Waals surface area contributed by atoms with Crippen LogP contribution in [0.5, 0.6) is 0 Å². The SMILES string of the molecule is Fc1cc[c]([Sn][Cl])cc1. The fourth-order valence-corrected chi connectivity index (χ4v) is 2.19. The van der Waals surface area contributed by atoms with Crippen LogP contribution in [0.15, 0.2) is 24.3 Å². The summed E-state index contributed by atoms with van der Waals surface area (Å²) in [6, 6.07) is 6.38. The second-order valence-corrected chi connectivity index (χ2v) is 5.06. The first-order valence-electron chi connectivity index (χ1n) is 2.45. The van der Waals surface area contributed by atoms with Gasteiger partial charge in [-0.3, -0.25) is 0 Å². The van der Waals surface area contributed by atoms with Crippen LogP contribution in [-0.4, -0.2) is 20.0 Å². The van der Waals surface area contributed by atoms with Gasteiger partial charge in [-0.15, -0.1) is 0 Å². The molecule has 0 saturated carbocycles. The summed E-state index contributed by atoms with van der Waals surface area (Å²) in [5, 5.41) is 0. The van der Waals surface area contributed by atoms with Crippen molar-refractivity contribution in [1.29, 1.82) is 0 Å². The third-order valence-electron chi connectivity index (χ3n) is 0.953. The van der Waals surface area contributed by atoms with Gasteiger partial charge in [0.05, 0.1) is 0 Å². The van der Waals surface area contributed by atoms with Crippen molar-refractivity contribution in [1.82, 2.24) is 0 Å². The van der Waals surface area contributed by atoms with E-state index in [2.05, 4.69) is 0 Å². The Morgan fingerprint density at radius 1 is 1.22 bits per heavy atom. The second kappa shape index (κ2) is 3.42. The standard InChI is InChI=1S/C6H4F.ClH.Sn/c7-6-4-2-1-3-5-6;;/h2-5H;1H;/q;;+1/p-1. The van der Waals surface area contributed by atoms with Gasteiger partial charge in [-0.25, -0.2) is 0 Å². The Labute approximate surface area is 67.0 Å². The molecule has 0 spiro atoms. The zero-order valence-corrected chi connectivity index (χ0v) is 8.18. The molecule has 0 aliphatic rings. The molecule has 0 nitrogen and oxygen atoms in total. The molecule has 2 radical (unpaired) electrons. The van der Waals surface area contributed by atoms with Crippen LogP contribution < -0.4 is 3.58 Å². The summed E-state index contributed by atoms with van der Waals surface area (Å²) in [5.74, 6) is -0.191. The molecule has 0 amide bonds. The molecule has 0 saturated heterocycles. The summed E-state index contributed by atoms with van der Waals surface area (Å²) in [6.07, 6.45) is 0. The van der Waals surface area contributed by atoms with E-state index >= 15 is 0 Å². The van der Waals surface area contributed by atoms with Gasteiger partial charge in [0.15, 0.2) is 0 Å². The van der Waals surface area contributed by atoms with Crippen LogP contribution in [0.25, 0.3) is 0 Å². The normalized spacial score (nSPS) is 9.56. The van der Waals surface area contributed by atoms with Crippen LogP contribution in [0.1, 0.15) is 0 Å². The van der Waals surface area contributed by atoms with E-state index in [4.69, 9.17) is 8.92 Å². The number of rotatable bonds is 1. The minimum absolute atomic E-state index is 0.191. The van der Waals surface area contributed by atoms with Gasteiger partial charge >= 0.3 is 67.0 Å². The van der Waals surface area contributed by atoms with Crippen molar-refractivity contribution < 1.29 is 4.39 Å². The first-order chi connectivity index (χ1) is 4.33. The van der Waals surface area contributed by atoms with E-state index in [1.54, 1.807) is 12.1 Å². The molecule has 0 fully saturated rings. The van der Waals surface area contributed by atoms with Crippen LogP contribution in [0, 0.1) is 5.82 Å². The Kier molecular flexibility index (Phi) is 2.79. The summed E-state index contributed by atoms with van der Waals surface area (Å²) < 4.78 is 13.3. The predicted octanol–water partition coefficient (Wildman–Crippen LogP) is 1.31. The van der Waals surface area contributed by atoms with Crippen molar-refractivity contribution in [2.45, 2.75) is 0 Å². The van der Waals surface area contributed by atoms with E-state index in [0.717, 1.165) is 3.58 Å². The summed E-state index contributed by atoms with van der Waals surface area (Å²) >= 11 is -0.857. The van der Waals surface area contributed by atoms with Crippen LogP contribution in [0.2, 0.25) is 0 Å². The van der Waals surface area contributed by atoms with Gasteiger partial charge in [-0.2, -0.15) is 0 Å². The number of benzene rings is 1. The van der Waals surface area contributed by atoms with E-state index in [-0.39, 0.29) is 5.82 Å². The second-order valence-electron chi connectivity index (χ2n) is 1.60. The molecule has 1 aromatic rings. The van der Waals surface area contributed by atoms with E-state index in [1.165, 1.54) is 12.1 Å². The van der Waals surface area contributed by atoms with Crippen LogP contribution >= 0.6 is 8.92 Å². The van der Waals surface area contributed by atoms with Gasteiger partial charge in [0.25, 0.3) is 0 Å².